The van der Waals surface area contributed by atoms with Gasteiger partial charge in [-0.05, 0) is 75.5 Å². The van der Waals surface area contributed by atoms with Crippen LogP contribution in [0.2, 0.25) is 0 Å². The number of nitrogens with zero attached hydrogens (tertiary/aromatic N) is 1. The fourth-order valence-electron chi connectivity index (χ4n) is 7.63. The lowest BCUT2D eigenvalue weighted by atomic mass is 9.98. The number of alkyl carbamates (subject to hydrolysis) is 1. The molecular weight excluding hydrogens is 586 g/mol. The second kappa shape index (κ2) is 11.7. The van der Waals surface area contributed by atoms with Gasteiger partial charge in [0.15, 0.2) is 0 Å². The van der Waals surface area contributed by atoms with Crippen LogP contribution in [0.1, 0.15) is 53.1 Å². The van der Waals surface area contributed by atoms with E-state index >= 15 is 0 Å². The summed E-state index contributed by atoms with van der Waals surface area (Å²) in [4.78, 5) is 43.0. The molecule has 5 aromatic rings. The number of anilines is 1. The molecule has 3 amide bonds. The summed E-state index contributed by atoms with van der Waals surface area (Å²) in [6.45, 7) is 2.12. The topological polar surface area (TPSA) is 87.7 Å². The van der Waals surface area contributed by atoms with Gasteiger partial charge in [0.1, 0.15) is 18.7 Å². The standard InChI is InChI=1S/C40H35N3O4/c1-24(27-18-17-25-9-2-3-10-28(25)21-27)41-38(44)36-22-29-12-8-11-26-19-20-35(39(45)43(36)37(26)29)42-40(46)47-23-34-32-15-6-4-13-30(32)31-14-5-7-16-33(31)34/h2-18,21,24,34-36H,19-20,22-23H2,1H3,(H,41,44)(H,42,46)/t24-,35+,36+/m1/s1. The molecule has 0 saturated carbocycles. The summed E-state index contributed by atoms with van der Waals surface area (Å²) in [6.07, 6.45) is 0.795. The quantitative estimate of drug-likeness (QED) is 0.218. The van der Waals surface area contributed by atoms with E-state index in [9.17, 15) is 14.4 Å². The lowest BCUT2D eigenvalue weighted by molar-refractivity contribution is -0.127. The number of rotatable bonds is 6. The highest BCUT2D eigenvalue weighted by molar-refractivity contribution is 6.07. The second-order valence-electron chi connectivity index (χ2n) is 12.8. The van der Waals surface area contributed by atoms with Crippen LogP contribution in [0, 0.1) is 0 Å². The zero-order chi connectivity index (χ0) is 32.1. The minimum atomic E-state index is -0.822. The van der Waals surface area contributed by atoms with Crippen molar-refractivity contribution in [3.05, 3.63) is 137 Å². The number of hydrogen-bond acceptors (Lipinski definition) is 4. The summed E-state index contributed by atoms with van der Waals surface area (Å²) in [7, 11) is 0. The van der Waals surface area contributed by atoms with E-state index in [1.807, 2.05) is 67.6 Å². The average Bonchev–Trinajstić information content (AvgIpc) is 3.61. The lowest BCUT2D eigenvalue weighted by Crippen LogP contribution is -2.54. The molecule has 3 aliphatic rings. The molecule has 0 fully saturated rings. The summed E-state index contributed by atoms with van der Waals surface area (Å²) in [5, 5.41) is 8.27. The number of hydrogen-bond donors (Lipinski definition) is 2. The molecule has 2 aliphatic heterocycles. The van der Waals surface area contributed by atoms with E-state index in [1.165, 1.54) is 0 Å². The van der Waals surface area contributed by atoms with Crippen molar-refractivity contribution in [2.24, 2.45) is 0 Å². The van der Waals surface area contributed by atoms with Crippen LogP contribution in [0.4, 0.5) is 10.5 Å². The number of amides is 3. The first-order chi connectivity index (χ1) is 23.0. The van der Waals surface area contributed by atoms with Gasteiger partial charge >= 0.3 is 6.09 Å². The number of nitrogens with one attached hydrogen (secondary N) is 2. The van der Waals surface area contributed by atoms with Crippen LogP contribution in [-0.2, 0) is 27.2 Å². The van der Waals surface area contributed by atoms with Crippen LogP contribution in [0.3, 0.4) is 0 Å². The van der Waals surface area contributed by atoms with Crippen molar-refractivity contribution in [3.8, 4) is 11.1 Å². The van der Waals surface area contributed by atoms with Gasteiger partial charge in [-0.1, -0.05) is 103 Å². The number of para-hydroxylation sites is 1. The van der Waals surface area contributed by atoms with Gasteiger partial charge in [-0.15, -0.1) is 0 Å². The Balaban J connectivity index is 0.985. The van der Waals surface area contributed by atoms with Gasteiger partial charge in [0.25, 0.3) is 0 Å². The second-order valence-corrected chi connectivity index (χ2v) is 12.8. The Kier molecular flexibility index (Phi) is 7.24. The van der Waals surface area contributed by atoms with Crippen molar-refractivity contribution >= 4 is 34.4 Å². The Morgan fingerprint density at radius 1 is 0.830 bits per heavy atom. The molecule has 3 atom stereocenters. The normalized spacial score (nSPS) is 18.6. The van der Waals surface area contributed by atoms with Gasteiger partial charge in [0, 0.05) is 12.3 Å². The van der Waals surface area contributed by atoms with E-state index in [2.05, 4.69) is 59.2 Å². The van der Waals surface area contributed by atoms with E-state index in [0.717, 1.165) is 55.4 Å². The van der Waals surface area contributed by atoms with E-state index < -0.39 is 18.2 Å². The van der Waals surface area contributed by atoms with Gasteiger partial charge in [-0.2, -0.15) is 0 Å². The monoisotopic (exact) mass is 621 g/mol. The fourth-order valence-corrected chi connectivity index (χ4v) is 7.63. The third kappa shape index (κ3) is 5.12. The minimum Gasteiger partial charge on any atom is -0.449 e. The summed E-state index contributed by atoms with van der Waals surface area (Å²) in [5.74, 6) is -0.593. The van der Waals surface area contributed by atoms with Crippen molar-refractivity contribution in [1.82, 2.24) is 10.6 Å². The van der Waals surface area contributed by atoms with E-state index in [0.29, 0.717) is 19.3 Å². The summed E-state index contributed by atoms with van der Waals surface area (Å²) >= 11 is 0. The van der Waals surface area contributed by atoms with Gasteiger partial charge in [0.2, 0.25) is 11.8 Å². The molecule has 1 aliphatic carbocycles. The molecule has 234 valence electrons. The molecule has 47 heavy (non-hydrogen) atoms. The van der Waals surface area contributed by atoms with Crippen molar-refractivity contribution in [2.75, 3.05) is 11.5 Å². The summed E-state index contributed by atoms with van der Waals surface area (Å²) in [6, 6.07) is 34.8. The Hall–Kier alpha value is -5.43. The highest BCUT2D eigenvalue weighted by Gasteiger charge is 2.44. The maximum absolute atomic E-state index is 14.2. The summed E-state index contributed by atoms with van der Waals surface area (Å²) in [5.41, 5.74) is 8.31. The number of benzene rings is 5. The molecule has 0 saturated heterocycles. The third-order valence-electron chi connectivity index (χ3n) is 9.98. The molecule has 5 aromatic carbocycles. The zero-order valence-electron chi connectivity index (χ0n) is 26.1. The van der Waals surface area contributed by atoms with Crippen molar-refractivity contribution in [3.63, 3.8) is 0 Å². The van der Waals surface area contributed by atoms with E-state index in [-0.39, 0.29) is 30.4 Å². The van der Waals surface area contributed by atoms with Gasteiger partial charge < -0.3 is 15.4 Å². The number of ether oxygens (including phenoxy) is 1. The molecule has 7 nitrogen and oxygen atoms in total. The number of aryl methyl sites for hydroxylation is 1. The molecule has 2 N–H and O–H groups in total. The van der Waals surface area contributed by atoms with Crippen LogP contribution in [0.15, 0.2) is 109 Å². The van der Waals surface area contributed by atoms with Gasteiger partial charge in [0.05, 0.1) is 11.7 Å². The number of fused-ring (bicyclic) bond motifs is 4. The first kappa shape index (κ1) is 29.0. The van der Waals surface area contributed by atoms with E-state index in [1.54, 1.807) is 4.90 Å². The molecule has 0 unspecified atom stereocenters. The average molecular weight is 622 g/mol. The Morgan fingerprint density at radius 3 is 2.28 bits per heavy atom. The Bertz CT molecular complexity index is 2010. The van der Waals surface area contributed by atoms with Crippen molar-refractivity contribution < 1.29 is 19.1 Å². The molecule has 0 aromatic heterocycles. The lowest BCUT2D eigenvalue weighted by Gasteiger charge is -2.29. The SMILES string of the molecule is C[C@@H](NC(=O)[C@@H]1Cc2cccc3c2N1C(=O)[C@@H](NC(=O)OCC1c2ccccc2-c2ccccc21)CC3)c1ccc2ccccc2c1. The van der Waals surface area contributed by atoms with Crippen LogP contribution >= 0.6 is 0 Å². The van der Waals surface area contributed by atoms with Gasteiger partial charge in [-0.3, -0.25) is 14.5 Å². The van der Waals surface area contributed by atoms with Crippen LogP contribution in [0.25, 0.3) is 21.9 Å². The molecule has 8 rings (SSSR count). The highest BCUT2D eigenvalue weighted by atomic mass is 16.5. The van der Waals surface area contributed by atoms with Crippen molar-refractivity contribution in [1.29, 1.82) is 0 Å². The Morgan fingerprint density at radius 2 is 1.51 bits per heavy atom. The van der Waals surface area contributed by atoms with Crippen LogP contribution < -0.4 is 15.5 Å². The van der Waals surface area contributed by atoms with Crippen LogP contribution in [-0.4, -0.2) is 36.6 Å². The molecular formula is C40H35N3O4. The first-order valence-corrected chi connectivity index (χ1v) is 16.3. The largest absolute Gasteiger partial charge is 0.449 e. The number of carbonyl (C=O) groups is 3. The fraction of sp³-hybridized carbons (Fsp3) is 0.225. The molecule has 0 spiro atoms. The predicted octanol–water partition coefficient (Wildman–Crippen LogP) is 6.83. The summed E-state index contributed by atoms with van der Waals surface area (Å²) < 4.78 is 5.80. The maximum atomic E-state index is 14.2. The predicted molar refractivity (Wildman–Crippen MR) is 182 cm³/mol. The van der Waals surface area contributed by atoms with Gasteiger partial charge in [-0.25, -0.2) is 4.79 Å². The minimum absolute atomic E-state index is 0.0824. The smallest absolute Gasteiger partial charge is 0.407 e. The van der Waals surface area contributed by atoms with Crippen LogP contribution in [0.5, 0.6) is 0 Å². The maximum Gasteiger partial charge on any atom is 0.407 e. The Labute approximate surface area is 273 Å². The van der Waals surface area contributed by atoms with E-state index in [4.69, 9.17) is 4.74 Å². The van der Waals surface area contributed by atoms with Crippen molar-refractivity contribution in [2.45, 2.75) is 50.2 Å². The molecule has 0 bridgehead atoms. The molecule has 2 heterocycles. The third-order valence-corrected chi connectivity index (χ3v) is 9.98. The highest BCUT2D eigenvalue weighted by Crippen LogP contribution is 2.44. The molecule has 0 radical (unpaired) electrons. The first-order valence-electron chi connectivity index (χ1n) is 16.3. The molecule has 7 heteroatoms. The number of carbonyl (C=O) groups excluding carboxylic acids is 3. The zero-order valence-corrected chi connectivity index (χ0v) is 26.1.